The quantitative estimate of drug-likeness (QED) is 0.586. The number of benzene rings is 1. The fraction of sp³-hybridized carbons (Fsp3) is 0.267. The summed E-state index contributed by atoms with van der Waals surface area (Å²) in [6.45, 7) is 6.40. The van der Waals surface area contributed by atoms with E-state index in [-0.39, 0.29) is 0 Å². The summed E-state index contributed by atoms with van der Waals surface area (Å²) in [5.74, 6) is 0. The first-order valence-electron chi connectivity index (χ1n) is 6.71. The van der Waals surface area contributed by atoms with E-state index in [0.29, 0.717) is 0 Å². The van der Waals surface area contributed by atoms with E-state index in [0.717, 1.165) is 13.1 Å². The highest BCUT2D eigenvalue weighted by molar-refractivity contribution is 6.07. The fourth-order valence-electron chi connectivity index (χ4n) is 2.57. The van der Waals surface area contributed by atoms with Gasteiger partial charge in [0, 0.05) is 28.9 Å². The summed E-state index contributed by atoms with van der Waals surface area (Å²) in [6, 6.07) is 10.9. The van der Waals surface area contributed by atoms with E-state index in [1.165, 1.54) is 21.8 Å². The summed E-state index contributed by atoms with van der Waals surface area (Å²) in [5.41, 5.74) is 2.66. The second kappa shape index (κ2) is 7.00. The molecule has 112 valence electrons. The molecular formula is C15H17BrN2O3. The van der Waals surface area contributed by atoms with Gasteiger partial charge >= 0.3 is 0 Å². The second-order valence-corrected chi connectivity index (χ2v) is 5.32. The van der Waals surface area contributed by atoms with Crippen LogP contribution < -0.4 is 17.2 Å². The molecule has 0 radical (unpaired) electrons. The molecule has 0 aliphatic carbocycles. The molecule has 0 aliphatic rings. The minimum atomic E-state index is -3.65. The number of fused-ring (bicyclic) bond motifs is 3. The van der Waals surface area contributed by atoms with E-state index in [1.807, 2.05) is 0 Å². The van der Waals surface area contributed by atoms with Gasteiger partial charge in [-0.1, -0.05) is 18.2 Å². The molecule has 0 fully saturated rings. The van der Waals surface area contributed by atoms with Crippen LogP contribution in [-0.4, -0.2) is 4.57 Å². The second-order valence-electron chi connectivity index (χ2n) is 4.52. The number of para-hydroxylation sites is 1. The number of nitrogens with zero attached hydrogens (tertiary/aromatic N) is 2. The third-order valence-corrected chi connectivity index (χ3v) is 3.45. The minimum absolute atomic E-state index is 1.01. The fourth-order valence-corrected chi connectivity index (χ4v) is 2.57. The van der Waals surface area contributed by atoms with E-state index in [4.69, 9.17) is 12.6 Å². The lowest BCUT2D eigenvalue weighted by molar-refractivity contribution is -1.73. The molecule has 0 unspecified atom stereocenters. The van der Waals surface area contributed by atoms with Gasteiger partial charge in [-0.05, 0) is 19.9 Å². The number of halogens is 1. The summed E-state index contributed by atoms with van der Waals surface area (Å²) in [6.07, 6.45) is 4.41. The van der Waals surface area contributed by atoms with Gasteiger partial charge in [-0.25, -0.2) is 4.57 Å². The van der Waals surface area contributed by atoms with E-state index < -0.39 is 14.8 Å². The zero-order chi connectivity index (χ0) is 15.4. The van der Waals surface area contributed by atoms with Crippen molar-refractivity contribution in [2.45, 2.75) is 26.9 Å². The molecule has 2 aromatic heterocycles. The SMILES string of the molecule is CCn1c2ccccc2c2cc[n+](CC)cc21.[O-][Br+2]([O-])[O-]. The van der Waals surface area contributed by atoms with Crippen molar-refractivity contribution in [2.24, 2.45) is 0 Å². The summed E-state index contributed by atoms with van der Waals surface area (Å²) in [7, 11) is 0. The zero-order valence-electron chi connectivity index (χ0n) is 12.0. The molecule has 5 nitrogen and oxygen atoms in total. The Morgan fingerprint density at radius 2 is 1.62 bits per heavy atom. The van der Waals surface area contributed by atoms with Crippen molar-refractivity contribution in [2.75, 3.05) is 0 Å². The summed E-state index contributed by atoms with van der Waals surface area (Å²) >= 11 is -3.65. The van der Waals surface area contributed by atoms with Crippen LogP contribution in [0.2, 0.25) is 0 Å². The molecule has 1 aromatic carbocycles. The van der Waals surface area contributed by atoms with Crippen LogP contribution in [-0.2, 0) is 13.1 Å². The molecule has 0 aliphatic heterocycles. The Labute approximate surface area is 128 Å². The van der Waals surface area contributed by atoms with E-state index in [9.17, 15) is 0 Å². The van der Waals surface area contributed by atoms with Crippen molar-refractivity contribution >= 4 is 21.8 Å². The average Bonchev–Trinajstić information content (AvgIpc) is 2.79. The molecule has 3 rings (SSSR count). The lowest BCUT2D eigenvalue weighted by atomic mass is 10.2. The highest BCUT2D eigenvalue weighted by Gasteiger charge is 2.11. The van der Waals surface area contributed by atoms with E-state index in [2.05, 4.69) is 65.7 Å². The van der Waals surface area contributed by atoms with Gasteiger partial charge in [0.2, 0.25) is 14.8 Å². The van der Waals surface area contributed by atoms with Gasteiger partial charge in [0.15, 0.2) is 12.4 Å². The zero-order valence-corrected chi connectivity index (χ0v) is 13.5. The largest absolute Gasteiger partial charge is 0.405 e. The summed E-state index contributed by atoms with van der Waals surface area (Å²) in [5, 5.41) is 2.71. The normalized spacial score (nSPS) is 11.0. The number of pyridine rings is 1. The van der Waals surface area contributed by atoms with Crippen LogP contribution in [0.25, 0.3) is 21.8 Å². The van der Waals surface area contributed by atoms with Crippen LogP contribution in [0.15, 0.2) is 42.7 Å². The first-order chi connectivity index (χ1) is 10.1. The third kappa shape index (κ3) is 3.41. The molecule has 0 spiro atoms. The van der Waals surface area contributed by atoms with Gasteiger partial charge in [0.05, 0.1) is 0 Å². The van der Waals surface area contributed by atoms with Gasteiger partial charge in [-0.15, -0.1) is 0 Å². The van der Waals surface area contributed by atoms with Gasteiger partial charge in [0.1, 0.15) is 12.1 Å². The van der Waals surface area contributed by atoms with Crippen molar-refractivity contribution < 1.29 is 32.0 Å². The van der Waals surface area contributed by atoms with E-state index >= 15 is 0 Å². The molecular weight excluding hydrogens is 336 g/mol. The van der Waals surface area contributed by atoms with Gasteiger partial charge in [-0.2, -0.15) is 0 Å². The lowest BCUT2D eigenvalue weighted by Crippen LogP contribution is -2.42. The lowest BCUT2D eigenvalue weighted by Gasteiger charge is -2.01. The Morgan fingerprint density at radius 1 is 1.00 bits per heavy atom. The minimum Gasteiger partial charge on any atom is -0.405 e. The maximum atomic E-state index is 8.52. The molecule has 0 bridgehead atoms. The average molecular weight is 353 g/mol. The Bertz CT molecular complexity index is 737. The smallest absolute Gasteiger partial charge is 0.216 e. The molecule has 21 heavy (non-hydrogen) atoms. The van der Waals surface area contributed by atoms with Crippen molar-refractivity contribution in [3.63, 3.8) is 0 Å². The van der Waals surface area contributed by atoms with Gasteiger partial charge < -0.3 is 17.2 Å². The Balaban J connectivity index is 0.000000361. The van der Waals surface area contributed by atoms with Crippen LogP contribution >= 0.6 is 0 Å². The Morgan fingerprint density at radius 3 is 2.24 bits per heavy atom. The number of hydrogen-bond donors (Lipinski definition) is 0. The predicted octanol–water partition coefficient (Wildman–Crippen LogP) is -0.445. The van der Waals surface area contributed by atoms with Gasteiger partial charge in [0.25, 0.3) is 0 Å². The summed E-state index contributed by atoms with van der Waals surface area (Å²) < 4.78 is 30.2. The molecule has 0 atom stereocenters. The van der Waals surface area contributed by atoms with E-state index in [1.54, 1.807) is 0 Å². The topological polar surface area (TPSA) is 78.0 Å². The Kier molecular flexibility index (Phi) is 5.30. The first-order valence-corrected chi connectivity index (χ1v) is 8.65. The van der Waals surface area contributed by atoms with Crippen molar-refractivity contribution in [3.8, 4) is 0 Å². The molecule has 2 heterocycles. The first kappa shape index (κ1) is 15.9. The standard InChI is InChI=1S/C15H17N2.BrO3/c1-3-16-10-9-13-12-7-5-6-8-14(12)17(4-2)15(13)11-16;2-1(3)4/h5-11H,3-4H2,1-2H3;/q+1;-1. The number of aryl methyl sites for hydroxylation is 2. The molecule has 6 heteroatoms. The van der Waals surface area contributed by atoms with Crippen LogP contribution in [0, 0.1) is 14.8 Å². The molecule has 0 N–H and O–H groups in total. The highest BCUT2D eigenvalue weighted by atomic mass is 80.0. The van der Waals surface area contributed by atoms with Crippen molar-refractivity contribution in [3.05, 3.63) is 42.7 Å². The Hall–Kier alpha value is -1.47. The maximum absolute atomic E-state index is 8.52. The van der Waals surface area contributed by atoms with Crippen molar-refractivity contribution in [1.29, 1.82) is 0 Å². The monoisotopic (exact) mass is 352 g/mol. The van der Waals surface area contributed by atoms with Crippen LogP contribution in [0.5, 0.6) is 0 Å². The number of hydrogen-bond acceptors (Lipinski definition) is 3. The predicted molar refractivity (Wildman–Crippen MR) is 71.0 cm³/mol. The molecule has 0 saturated heterocycles. The molecule has 3 aromatic rings. The number of rotatable bonds is 2. The molecule has 0 saturated carbocycles. The maximum Gasteiger partial charge on any atom is 0.216 e. The number of aromatic nitrogens is 2. The third-order valence-electron chi connectivity index (χ3n) is 3.45. The highest BCUT2D eigenvalue weighted by Crippen LogP contribution is 2.27. The van der Waals surface area contributed by atoms with Crippen LogP contribution in [0.3, 0.4) is 0 Å². The van der Waals surface area contributed by atoms with Crippen LogP contribution in [0.4, 0.5) is 0 Å². The van der Waals surface area contributed by atoms with Crippen LogP contribution in [0.1, 0.15) is 13.8 Å². The summed E-state index contributed by atoms with van der Waals surface area (Å²) in [4.78, 5) is 0. The van der Waals surface area contributed by atoms with Gasteiger partial charge in [-0.3, -0.25) is 0 Å². The van der Waals surface area contributed by atoms with Crippen molar-refractivity contribution in [1.82, 2.24) is 4.57 Å². The molecule has 0 amide bonds.